The molecule has 0 aliphatic carbocycles. The van der Waals surface area contributed by atoms with Gasteiger partial charge in [-0.1, -0.05) is 39.0 Å². The summed E-state index contributed by atoms with van der Waals surface area (Å²) < 4.78 is 0. The van der Waals surface area contributed by atoms with Gasteiger partial charge >= 0.3 is 0 Å². The molecule has 0 radical (unpaired) electrons. The van der Waals surface area contributed by atoms with Gasteiger partial charge in [0.1, 0.15) is 6.10 Å². The Hall–Kier alpha value is -1.78. The minimum absolute atomic E-state index is 0.00424. The van der Waals surface area contributed by atoms with Gasteiger partial charge in [-0.2, -0.15) is 0 Å². The van der Waals surface area contributed by atoms with Crippen molar-refractivity contribution in [3.8, 4) is 0 Å². The summed E-state index contributed by atoms with van der Waals surface area (Å²) in [5, 5.41) is 14.5. The predicted molar refractivity (Wildman–Crippen MR) is 86.6 cm³/mol. The monoisotopic (exact) mass is 298 g/mol. The first kappa shape index (κ1) is 14.2. The van der Waals surface area contributed by atoms with Crippen LogP contribution in [0.5, 0.6) is 0 Å². The molecule has 3 rings (SSSR count). The normalized spacial score (nSPS) is 13.5. The van der Waals surface area contributed by atoms with Crippen molar-refractivity contribution in [3.05, 3.63) is 58.2 Å². The minimum Gasteiger partial charge on any atom is -0.382 e. The van der Waals surface area contributed by atoms with Gasteiger partial charge in [0.15, 0.2) is 0 Å². The Bertz CT molecular complexity index is 774. The largest absolute Gasteiger partial charge is 0.382 e. The Morgan fingerprint density at radius 2 is 1.95 bits per heavy atom. The zero-order chi connectivity index (χ0) is 15.0. The van der Waals surface area contributed by atoms with Gasteiger partial charge in [0.25, 0.3) is 0 Å². The molecule has 0 aliphatic rings. The number of para-hydroxylation sites is 1. The van der Waals surface area contributed by atoms with Crippen LogP contribution in [0.1, 0.15) is 43.1 Å². The quantitative estimate of drug-likeness (QED) is 0.775. The summed E-state index contributed by atoms with van der Waals surface area (Å²) in [6.45, 7) is 6.37. The summed E-state index contributed by atoms with van der Waals surface area (Å²) in [6.07, 6.45) is 0.998. The van der Waals surface area contributed by atoms with Crippen LogP contribution in [0.4, 0.5) is 0 Å². The van der Waals surface area contributed by atoms with Crippen molar-refractivity contribution >= 4 is 22.2 Å². The third-order valence-electron chi connectivity index (χ3n) is 3.37. The zero-order valence-electron chi connectivity index (χ0n) is 12.4. The highest BCUT2D eigenvalue weighted by atomic mass is 32.1. The minimum atomic E-state index is -0.727. The smallest absolute Gasteiger partial charge is 0.123 e. The van der Waals surface area contributed by atoms with Crippen molar-refractivity contribution < 1.29 is 5.11 Å². The number of thiazole rings is 1. The fraction of sp³-hybridized carbons (Fsp3) is 0.294. The Morgan fingerprint density at radius 1 is 1.19 bits per heavy atom. The number of rotatable bonds is 2. The Labute approximate surface area is 128 Å². The summed E-state index contributed by atoms with van der Waals surface area (Å²) >= 11 is 1.59. The summed E-state index contributed by atoms with van der Waals surface area (Å²) in [5.41, 5.74) is 2.41. The average Bonchev–Trinajstić information content (AvgIpc) is 2.96. The first-order valence-corrected chi connectivity index (χ1v) is 7.82. The molecule has 1 N–H and O–H groups in total. The standard InChI is InChI=1S/C17H18N2OS/c1-17(2,3)16-19-14(10-21-16)15(20)12-8-11-6-4-5-7-13(11)18-9-12/h4-10,15,20H,1-3H3. The Morgan fingerprint density at radius 3 is 2.67 bits per heavy atom. The molecule has 0 saturated heterocycles. The van der Waals surface area contributed by atoms with Crippen LogP contribution in [-0.2, 0) is 5.41 Å². The van der Waals surface area contributed by atoms with Crippen molar-refractivity contribution in [3.63, 3.8) is 0 Å². The van der Waals surface area contributed by atoms with Crippen LogP contribution in [0.3, 0.4) is 0 Å². The molecule has 0 bridgehead atoms. The van der Waals surface area contributed by atoms with E-state index in [0.29, 0.717) is 5.69 Å². The number of nitrogens with zero attached hydrogens (tertiary/aromatic N) is 2. The van der Waals surface area contributed by atoms with Crippen molar-refractivity contribution in [2.45, 2.75) is 32.3 Å². The number of aromatic nitrogens is 2. The molecule has 21 heavy (non-hydrogen) atoms. The molecule has 2 heterocycles. The second kappa shape index (κ2) is 5.20. The van der Waals surface area contributed by atoms with E-state index in [4.69, 9.17) is 0 Å². The molecule has 1 unspecified atom stereocenters. The van der Waals surface area contributed by atoms with Gasteiger partial charge in [-0.25, -0.2) is 4.98 Å². The van der Waals surface area contributed by atoms with Gasteiger partial charge in [0.2, 0.25) is 0 Å². The van der Waals surface area contributed by atoms with E-state index in [1.807, 2.05) is 35.7 Å². The second-order valence-corrected chi connectivity index (χ2v) is 7.05. The number of aliphatic hydroxyl groups is 1. The van der Waals surface area contributed by atoms with Crippen molar-refractivity contribution in [2.24, 2.45) is 0 Å². The number of fused-ring (bicyclic) bond motifs is 1. The number of hydrogen-bond acceptors (Lipinski definition) is 4. The molecule has 0 saturated carbocycles. The molecule has 1 aromatic carbocycles. The van der Waals surface area contributed by atoms with Crippen molar-refractivity contribution in [2.75, 3.05) is 0 Å². The first-order chi connectivity index (χ1) is 9.95. The van der Waals surface area contributed by atoms with Gasteiger partial charge in [0, 0.05) is 27.9 Å². The number of pyridine rings is 1. The Kier molecular flexibility index (Phi) is 3.51. The maximum Gasteiger partial charge on any atom is 0.123 e. The summed E-state index contributed by atoms with van der Waals surface area (Å²) in [5.74, 6) is 0. The fourth-order valence-corrected chi connectivity index (χ4v) is 3.09. The van der Waals surface area contributed by atoms with Crippen LogP contribution in [0.2, 0.25) is 0 Å². The summed E-state index contributed by atoms with van der Waals surface area (Å²) in [7, 11) is 0. The lowest BCUT2D eigenvalue weighted by molar-refractivity contribution is 0.215. The lowest BCUT2D eigenvalue weighted by Crippen LogP contribution is -2.11. The van der Waals surface area contributed by atoms with Gasteiger partial charge in [0.05, 0.1) is 16.2 Å². The Balaban J connectivity index is 1.96. The molecule has 4 heteroatoms. The fourth-order valence-electron chi connectivity index (χ4n) is 2.16. The molecular formula is C17H18N2OS. The van der Waals surface area contributed by atoms with E-state index in [1.54, 1.807) is 17.5 Å². The van der Waals surface area contributed by atoms with Crippen molar-refractivity contribution in [1.29, 1.82) is 0 Å². The van der Waals surface area contributed by atoms with E-state index >= 15 is 0 Å². The number of aliphatic hydroxyl groups excluding tert-OH is 1. The molecule has 1 atom stereocenters. The molecule has 3 nitrogen and oxygen atoms in total. The van der Waals surface area contributed by atoms with E-state index in [-0.39, 0.29) is 5.41 Å². The molecule has 0 spiro atoms. The topological polar surface area (TPSA) is 46.0 Å². The van der Waals surface area contributed by atoms with Gasteiger partial charge in [-0.05, 0) is 12.1 Å². The predicted octanol–water partition coefficient (Wildman–Crippen LogP) is 4.07. The maximum absolute atomic E-state index is 10.5. The van der Waals surface area contributed by atoms with E-state index in [1.165, 1.54) is 0 Å². The highest BCUT2D eigenvalue weighted by Gasteiger charge is 2.21. The van der Waals surface area contributed by atoms with E-state index in [0.717, 1.165) is 21.5 Å². The van der Waals surface area contributed by atoms with Gasteiger partial charge < -0.3 is 5.11 Å². The molecule has 3 aromatic rings. The van der Waals surface area contributed by atoms with E-state index in [2.05, 4.69) is 30.7 Å². The van der Waals surface area contributed by atoms with Crippen LogP contribution in [0.15, 0.2) is 41.9 Å². The van der Waals surface area contributed by atoms with Crippen LogP contribution in [-0.4, -0.2) is 15.1 Å². The molecule has 0 aliphatic heterocycles. The highest BCUT2D eigenvalue weighted by molar-refractivity contribution is 7.09. The van der Waals surface area contributed by atoms with Gasteiger partial charge in [-0.15, -0.1) is 11.3 Å². The zero-order valence-corrected chi connectivity index (χ0v) is 13.2. The molecule has 2 aromatic heterocycles. The van der Waals surface area contributed by atoms with Crippen LogP contribution in [0, 0.1) is 0 Å². The molecule has 0 fully saturated rings. The third-order valence-corrected chi connectivity index (χ3v) is 4.66. The lowest BCUT2D eigenvalue weighted by Gasteiger charge is -2.14. The molecular weight excluding hydrogens is 280 g/mol. The maximum atomic E-state index is 10.5. The second-order valence-electron chi connectivity index (χ2n) is 6.19. The van der Waals surface area contributed by atoms with Crippen LogP contribution < -0.4 is 0 Å². The first-order valence-electron chi connectivity index (χ1n) is 6.94. The molecule has 0 amide bonds. The van der Waals surface area contributed by atoms with E-state index < -0.39 is 6.10 Å². The third kappa shape index (κ3) is 2.82. The average molecular weight is 298 g/mol. The van der Waals surface area contributed by atoms with Crippen molar-refractivity contribution in [1.82, 2.24) is 9.97 Å². The van der Waals surface area contributed by atoms with Crippen LogP contribution >= 0.6 is 11.3 Å². The SMILES string of the molecule is CC(C)(C)c1nc(C(O)c2cnc3ccccc3c2)cs1. The van der Waals surface area contributed by atoms with E-state index in [9.17, 15) is 5.11 Å². The summed E-state index contributed by atoms with van der Waals surface area (Å²) in [4.78, 5) is 8.98. The number of benzene rings is 1. The highest BCUT2D eigenvalue weighted by Crippen LogP contribution is 2.30. The van der Waals surface area contributed by atoms with Crippen LogP contribution in [0.25, 0.3) is 10.9 Å². The lowest BCUT2D eigenvalue weighted by atomic mass is 9.98. The number of hydrogen-bond donors (Lipinski definition) is 1. The van der Waals surface area contributed by atoms with Gasteiger partial charge in [-0.3, -0.25) is 4.98 Å². The summed E-state index contributed by atoms with van der Waals surface area (Å²) in [6, 6.07) is 9.87. The molecule has 108 valence electrons.